The van der Waals surface area contributed by atoms with E-state index in [9.17, 15) is 14.4 Å². The number of carbonyl (C=O) groups excluding carboxylic acids is 3. The normalized spacial score (nSPS) is 13.3. The largest absolute Gasteiger partial charge is 0.493 e. The average molecular weight is 337 g/mol. The number of amides is 2. The molecule has 0 atom stereocenters. The van der Waals surface area contributed by atoms with Crippen molar-refractivity contribution in [2.24, 2.45) is 0 Å². The van der Waals surface area contributed by atoms with Crippen LogP contribution in [-0.4, -0.2) is 31.8 Å². The highest BCUT2D eigenvalue weighted by Gasteiger charge is 2.38. The highest BCUT2D eigenvalue weighted by molar-refractivity contribution is 6.56. The average Bonchev–Trinajstić information content (AvgIpc) is 2.90. The Bertz CT molecular complexity index is 900. The van der Waals surface area contributed by atoms with Gasteiger partial charge in [0.15, 0.2) is 11.5 Å². The molecule has 0 fully saturated rings. The van der Waals surface area contributed by atoms with Crippen molar-refractivity contribution in [1.82, 2.24) is 0 Å². The third kappa shape index (κ3) is 2.89. The molecule has 0 saturated carbocycles. The molecule has 0 spiro atoms. The summed E-state index contributed by atoms with van der Waals surface area (Å²) in [7, 11) is 3.05. The van der Waals surface area contributed by atoms with Crippen molar-refractivity contribution in [3.8, 4) is 11.5 Å². The third-order valence-electron chi connectivity index (χ3n) is 3.83. The Kier molecular flexibility index (Phi) is 4.35. The van der Waals surface area contributed by atoms with Crippen molar-refractivity contribution in [2.45, 2.75) is 0 Å². The van der Waals surface area contributed by atoms with Crippen molar-refractivity contribution in [3.63, 3.8) is 0 Å². The van der Waals surface area contributed by atoms with Crippen LogP contribution in [0.1, 0.15) is 15.9 Å². The van der Waals surface area contributed by atoms with E-state index in [1.807, 2.05) is 0 Å². The van der Waals surface area contributed by atoms with Gasteiger partial charge in [-0.15, -0.1) is 0 Å². The fourth-order valence-electron chi connectivity index (χ4n) is 2.60. The van der Waals surface area contributed by atoms with Gasteiger partial charge in [0.25, 0.3) is 11.7 Å². The van der Waals surface area contributed by atoms with E-state index in [0.29, 0.717) is 22.7 Å². The highest BCUT2D eigenvalue weighted by Crippen LogP contribution is 2.30. The van der Waals surface area contributed by atoms with Gasteiger partial charge in [-0.3, -0.25) is 14.4 Å². The molecule has 25 heavy (non-hydrogen) atoms. The summed E-state index contributed by atoms with van der Waals surface area (Å²) in [5.74, 6) is -1.01. The summed E-state index contributed by atoms with van der Waals surface area (Å²) < 4.78 is 10.4. The number of nitrogens with zero attached hydrogens (tertiary/aromatic N) is 1. The van der Waals surface area contributed by atoms with Gasteiger partial charge >= 0.3 is 5.91 Å². The number of para-hydroxylation sites is 1. The van der Waals surface area contributed by atoms with Gasteiger partial charge in [-0.25, -0.2) is 4.90 Å². The summed E-state index contributed by atoms with van der Waals surface area (Å²) in [6, 6.07) is 11.6. The van der Waals surface area contributed by atoms with Gasteiger partial charge in [-0.2, -0.15) is 0 Å². The van der Waals surface area contributed by atoms with Gasteiger partial charge in [0.2, 0.25) is 0 Å². The van der Waals surface area contributed by atoms with Gasteiger partial charge in [-0.1, -0.05) is 18.2 Å². The third-order valence-corrected chi connectivity index (χ3v) is 3.83. The maximum absolute atomic E-state index is 12.4. The Balaban J connectivity index is 1.87. The van der Waals surface area contributed by atoms with E-state index >= 15 is 0 Å². The fraction of sp³-hybridized carbons (Fsp3) is 0.105. The molecule has 3 rings (SSSR count). The van der Waals surface area contributed by atoms with E-state index in [2.05, 4.69) is 0 Å². The minimum atomic E-state index is -0.844. The molecule has 0 aromatic heterocycles. The summed E-state index contributed by atoms with van der Waals surface area (Å²) in [6.45, 7) is 0. The number of ketones is 1. The van der Waals surface area contributed by atoms with E-state index in [1.54, 1.807) is 42.5 Å². The molecular weight excluding hydrogens is 322 g/mol. The summed E-state index contributed by atoms with van der Waals surface area (Å²) in [6.07, 6.45) is 2.79. The highest BCUT2D eigenvalue weighted by atomic mass is 16.5. The molecule has 6 nitrogen and oxygen atoms in total. The molecular formula is C19H15NO5. The Labute approximate surface area is 144 Å². The molecule has 0 N–H and O–H groups in total. The smallest absolute Gasteiger partial charge is 0.306 e. The first kappa shape index (κ1) is 16.4. The Morgan fingerprint density at radius 2 is 1.72 bits per heavy atom. The fourth-order valence-corrected chi connectivity index (χ4v) is 2.60. The van der Waals surface area contributed by atoms with Gasteiger partial charge in [0.05, 0.1) is 25.5 Å². The second-order valence-corrected chi connectivity index (χ2v) is 5.27. The van der Waals surface area contributed by atoms with E-state index in [4.69, 9.17) is 9.47 Å². The molecule has 126 valence electrons. The lowest BCUT2D eigenvalue weighted by Crippen LogP contribution is -2.34. The lowest BCUT2D eigenvalue weighted by atomic mass is 10.1. The maximum atomic E-state index is 12.4. The van der Waals surface area contributed by atoms with Crippen LogP contribution in [0, 0.1) is 0 Å². The SMILES string of the molecule is COc1ccc(/C=C/C(=O)N2C(=O)C(=O)c3ccccc32)cc1OC. The van der Waals surface area contributed by atoms with Crippen LogP contribution in [0.2, 0.25) is 0 Å². The molecule has 2 aromatic carbocycles. The summed E-state index contributed by atoms with van der Waals surface area (Å²) >= 11 is 0. The molecule has 0 unspecified atom stereocenters. The zero-order chi connectivity index (χ0) is 18.0. The summed E-state index contributed by atoms with van der Waals surface area (Å²) in [5, 5.41) is 0. The predicted octanol–water partition coefficient (Wildman–Crippen LogP) is 2.47. The number of anilines is 1. The second kappa shape index (κ2) is 6.60. The molecule has 2 amide bonds. The first-order chi connectivity index (χ1) is 12.1. The van der Waals surface area contributed by atoms with Crippen molar-refractivity contribution in [3.05, 3.63) is 59.7 Å². The number of fused-ring (bicyclic) bond motifs is 1. The van der Waals surface area contributed by atoms with Crippen LogP contribution in [0.25, 0.3) is 6.08 Å². The number of Topliss-reactive ketones (excluding diaryl/α,β-unsaturated/α-hetero) is 1. The molecule has 0 bridgehead atoms. The van der Waals surface area contributed by atoms with Gasteiger partial charge in [0.1, 0.15) is 0 Å². The Morgan fingerprint density at radius 3 is 2.44 bits per heavy atom. The number of rotatable bonds is 4. The second-order valence-electron chi connectivity index (χ2n) is 5.27. The Morgan fingerprint density at radius 1 is 1.00 bits per heavy atom. The van der Waals surface area contributed by atoms with E-state index in [1.165, 1.54) is 26.4 Å². The quantitative estimate of drug-likeness (QED) is 0.633. The minimum absolute atomic E-state index is 0.236. The number of benzene rings is 2. The number of imide groups is 1. The number of carbonyl (C=O) groups is 3. The van der Waals surface area contributed by atoms with Crippen LogP contribution < -0.4 is 14.4 Å². The topological polar surface area (TPSA) is 72.9 Å². The van der Waals surface area contributed by atoms with Crippen molar-refractivity contribution < 1.29 is 23.9 Å². The van der Waals surface area contributed by atoms with Crippen LogP contribution in [0.15, 0.2) is 48.5 Å². The van der Waals surface area contributed by atoms with E-state index < -0.39 is 17.6 Å². The number of methoxy groups -OCH3 is 2. The standard InChI is InChI=1S/C19H15NO5/c1-24-15-9-7-12(11-16(15)25-2)8-10-17(21)20-14-6-4-3-5-13(14)18(22)19(20)23/h3-11H,1-2H3/b10-8+. The molecule has 0 radical (unpaired) electrons. The summed E-state index contributed by atoms with van der Waals surface area (Å²) in [5.41, 5.74) is 1.23. The van der Waals surface area contributed by atoms with Crippen molar-refractivity contribution in [2.75, 3.05) is 19.1 Å². The van der Waals surface area contributed by atoms with Crippen molar-refractivity contribution >= 4 is 29.4 Å². The number of ether oxygens (including phenoxy) is 2. The molecule has 1 aliphatic heterocycles. The zero-order valence-corrected chi connectivity index (χ0v) is 13.7. The predicted molar refractivity (Wildman–Crippen MR) is 91.8 cm³/mol. The van der Waals surface area contributed by atoms with Crippen LogP contribution in [0.4, 0.5) is 5.69 Å². The zero-order valence-electron chi connectivity index (χ0n) is 13.7. The molecule has 1 aliphatic rings. The molecule has 2 aromatic rings. The van der Waals surface area contributed by atoms with E-state index in [0.717, 1.165) is 4.90 Å². The molecule has 6 heteroatoms. The first-order valence-corrected chi connectivity index (χ1v) is 7.48. The maximum Gasteiger partial charge on any atom is 0.306 e. The minimum Gasteiger partial charge on any atom is -0.493 e. The van der Waals surface area contributed by atoms with Crippen LogP contribution in [0.3, 0.4) is 0 Å². The summed E-state index contributed by atoms with van der Waals surface area (Å²) in [4.78, 5) is 37.3. The van der Waals surface area contributed by atoms with Crippen LogP contribution in [0.5, 0.6) is 11.5 Å². The van der Waals surface area contributed by atoms with Gasteiger partial charge < -0.3 is 9.47 Å². The lowest BCUT2D eigenvalue weighted by Gasteiger charge is -2.11. The number of hydrogen-bond donors (Lipinski definition) is 0. The molecule has 0 aliphatic carbocycles. The van der Waals surface area contributed by atoms with Gasteiger partial charge in [-0.05, 0) is 35.9 Å². The lowest BCUT2D eigenvalue weighted by molar-refractivity contribution is -0.121. The molecule has 0 saturated heterocycles. The van der Waals surface area contributed by atoms with Crippen LogP contribution >= 0.6 is 0 Å². The number of hydrogen-bond acceptors (Lipinski definition) is 5. The first-order valence-electron chi connectivity index (χ1n) is 7.48. The van der Waals surface area contributed by atoms with Crippen molar-refractivity contribution in [1.29, 1.82) is 0 Å². The monoisotopic (exact) mass is 337 g/mol. The van der Waals surface area contributed by atoms with Gasteiger partial charge in [0, 0.05) is 6.08 Å². The Hall–Kier alpha value is -3.41. The molecule has 1 heterocycles. The van der Waals surface area contributed by atoms with Crippen LogP contribution in [-0.2, 0) is 9.59 Å². The van der Waals surface area contributed by atoms with E-state index in [-0.39, 0.29) is 5.56 Å².